The summed E-state index contributed by atoms with van der Waals surface area (Å²) in [7, 11) is 1.33. The number of aromatic carboxylic acids is 1. The Bertz CT molecular complexity index is 708. The topological polar surface area (TPSA) is 88.0 Å². The molecule has 0 fully saturated rings. The Morgan fingerprint density at radius 2 is 1.86 bits per heavy atom. The second kappa shape index (κ2) is 7.03. The van der Waals surface area contributed by atoms with E-state index in [1.54, 1.807) is 42.6 Å². The summed E-state index contributed by atoms with van der Waals surface area (Å²) in [5, 5.41) is 12.9. The number of carbonyl (C=O) groups excluding carboxylic acids is 1. The molecule has 0 aliphatic heterocycles. The number of anilines is 1. The number of rotatable bonds is 5. The first-order valence-electron chi connectivity index (χ1n) is 6.41. The zero-order valence-electron chi connectivity index (χ0n) is 11.8. The maximum absolute atomic E-state index is 11.3. The molecule has 0 aliphatic rings. The molecule has 0 heterocycles. The van der Waals surface area contributed by atoms with Crippen LogP contribution in [-0.2, 0) is 4.74 Å². The Balaban J connectivity index is 2.02. The maximum atomic E-state index is 11.3. The van der Waals surface area contributed by atoms with E-state index in [1.165, 1.54) is 19.2 Å². The lowest BCUT2D eigenvalue weighted by molar-refractivity contribution is 0.0600. The van der Waals surface area contributed by atoms with Crippen LogP contribution in [0.5, 0.6) is 0 Å². The first-order valence-corrected chi connectivity index (χ1v) is 6.41. The average molecular weight is 298 g/mol. The molecule has 112 valence electrons. The van der Waals surface area contributed by atoms with Crippen molar-refractivity contribution in [2.45, 2.75) is 0 Å². The quantitative estimate of drug-likeness (QED) is 0.503. The zero-order valence-corrected chi connectivity index (χ0v) is 11.8. The third-order valence-corrected chi connectivity index (χ3v) is 2.85. The van der Waals surface area contributed by atoms with Crippen LogP contribution in [0.4, 0.5) is 5.69 Å². The van der Waals surface area contributed by atoms with Crippen LogP contribution >= 0.6 is 0 Å². The van der Waals surface area contributed by atoms with Crippen LogP contribution in [0.1, 0.15) is 26.3 Å². The van der Waals surface area contributed by atoms with E-state index in [2.05, 4.69) is 15.3 Å². The van der Waals surface area contributed by atoms with Gasteiger partial charge in [-0.25, -0.2) is 9.59 Å². The van der Waals surface area contributed by atoms with Crippen molar-refractivity contribution in [2.24, 2.45) is 5.10 Å². The molecule has 2 aromatic carbocycles. The minimum Gasteiger partial charge on any atom is -0.478 e. The molecular formula is C16H14N2O4. The number of carboxylic acids is 1. The second-order valence-electron chi connectivity index (χ2n) is 4.37. The van der Waals surface area contributed by atoms with Crippen molar-refractivity contribution in [2.75, 3.05) is 12.5 Å². The fourth-order valence-corrected chi connectivity index (χ4v) is 1.73. The Kier molecular flexibility index (Phi) is 4.87. The van der Waals surface area contributed by atoms with Gasteiger partial charge in [0.1, 0.15) is 0 Å². The van der Waals surface area contributed by atoms with Crippen molar-refractivity contribution < 1.29 is 19.4 Å². The average Bonchev–Trinajstić information content (AvgIpc) is 2.55. The molecule has 0 spiro atoms. The van der Waals surface area contributed by atoms with Crippen molar-refractivity contribution in [3.8, 4) is 0 Å². The molecule has 2 aromatic rings. The van der Waals surface area contributed by atoms with Gasteiger partial charge in [-0.3, -0.25) is 5.43 Å². The largest absolute Gasteiger partial charge is 0.478 e. The number of methoxy groups -OCH3 is 1. The molecular weight excluding hydrogens is 284 g/mol. The van der Waals surface area contributed by atoms with Crippen LogP contribution in [0.3, 0.4) is 0 Å². The maximum Gasteiger partial charge on any atom is 0.337 e. The van der Waals surface area contributed by atoms with E-state index in [0.717, 1.165) is 5.56 Å². The first-order chi connectivity index (χ1) is 10.6. The number of hydrazone groups is 1. The van der Waals surface area contributed by atoms with E-state index in [1.807, 2.05) is 0 Å². The number of benzene rings is 2. The highest BCUT2D eigenvalue weighted by atomic mass is 16.5. The number of nitrogens with zero attached hydrogens (tertiary/aromatic N) is 1. The van der Waals surface area contributed by atoms with Gasteiger partial charge in [-0.05, 0) is 35.9 Å². The lowest BCUT2D eigenvalue weighted by Gasteiger charge is -2.02. The van der Waals surface area contributed by atoms with Gasteiger partial charge in [0.05, 0.1) is 30.1 Å². The molecule has 6 heteroatoms. The molecule has 0 radical (unpaired) electrons. The van der Waals surface area contributed by atoms with Crippen molar-refractivity contribution in [1.82, 2.24) is 0 Å². The van der Waals surface area contributed by atoms with Gasteiger partial charge in [0, 0.05) is 0 Å². The third-order valence-electron chi connectivity index (χ3n) is 2.85. The van der Waals surface area contributed by atoms with E-state index in [9.17, 15) is 9.59 Å². The highest BCUT2D eigenvalue weighted by Gasteiger charge is 2.04. The molecule has 0 saturated carbocycles. The molecule has 0 atom stereocenters. The van der Waals surface area contributed by atoms with E-state index in [0.29, 0.717) is 11.3 Å². The van der Waals surface area contributed by atoms with Crippen LogP contribution < -0.4 is 5.43 Å². The molecule has 22 heavy (non-hydrogen) atoms. The van der Waals surface area contributed by atoms with Gasteiger partial charge in [-0.1, -0.05) is 18.2 Å². The predicted molar refractivity (Wildman–Crippen MR) is 82.4 cm³/mol. The lowest BCUT2D eigenvalue weighted by atomic mass is 10.1. The van der Waals surface area contributed by atoms with Crippen LogP contribution in [0.25, 0.3) is 0 Å². The van der Waals surface area contributed by atoms with Gasteiger partial charge in [0.25, 0.3) is 0 Å². The van der Waals surface area contributed by atoms with Crippen LogP contribution in [-0.4, -0.2) is 30.4 Å². The molecule has 0 unspecified atom stereocenters. The Morgan fingerprint density at radius 1 is 1.14 bits per heavy atom. The summed E-state index contributed by atoms with van der Waals surface area (Å²) in [5.74, 6) is -1.39. The summed E-state index contributed by atoms with van der Waals surface area (Å²) in [6.07, 6.45) is 1.56. The summed E-state index contributed by atoms with van der Waals surface area (Å²) >= 11 is 0. The minimum atomic E-state index is -0.994. The van der Waals surface area contributed by atoms with Crippen LogP contribution in [0.2, 0.25) is 0 Å². The summed E-state index contributed by atoms with van der Waals surface area (Å²) in [4.78, 5) is 22.2. The molecule has 0 amide bonds. The smallest absolute Gasteiger partial charge is 0.337 e. The molecule has 0 aliphatic carbocycles. The number of nitrogens with one attached hydrogen (secondary N) is 1. The van der Waals surface area contributed by atoms with Gasteiger partial charge in [-0.2, -0.15) is 5.10 Å². The van der Waals surface area contributed by atoms with Crippen molar-refractivity contribution in [3.05, 3.63) is 65.2 Å². The first kappa shape index (κ1) is 15.2. The van der Waals surface area contributed by atoms with Crippen LogP contribution in [0, 0.1) is 0 Å². The predicted octanol–water partition coefficient (Wildman–Crippen LogP) is 2.62. The highest BCUT2D eigenvalue weighted by Crippen LogP contribution is 2.10. The van der Waals surface area contributed by atoms with Crippen LogP contribution in [0.15, 0.2) is 53.6 Å². The molecule has 6 nitrogen and oxygen atoms in total. The van der Waals surface area contributed by atoms with Gasteiger partial charge >= 0.3 is 11.9 Å². The normalized spacial score (nSPS) is 10.4. The summed E-state index contributed by atoms with van der Waals surface area (Å²) in [6, 6.07) is 13.1. The SMILES string of the molecule is COC(=O)c1ccc(/C=N\Nc2cccc(C(=O)O)c2)cc1. The molecule has 0 aromatic heterocycles. The number of hydrogen-bond donors (Lipinski definition) is 2. The Labute approximate surface area is 127 Å². The molecule has 2 N–H and O–H groups in total. The van der Waals surface area contributed by atoms with Gasteiger partial charge in [-0.15, -0.1) is 0 Å². The standard InChI is InChI=1S/C16H14N2O4/c1-22-16(21)12-7-5-11(6-8-12)10-17-18-14-4-2-3-13(9-14)15(19)20/h2-10,18H,1H3,(H,19,20)/b17-10-. The Morgan fingerprint density at radius 3 is 2.50 bits per heavy atom. The zero-order chi connectivity index (χ0) is 15.9. The van der Waals surface area contributed by atoms with Crippen molar-refractivity contribution in [1.29, 1.82) is 0 Å². The second-order valence-corrected chi connectivity index (χ2v) is 4.37. The lowest BCUT2D eigenvalue weighted by Crippen LogP contribution is -2.01. The summed E-state index contributed by atoms with van der Waals surface area (Å²) < 4.78 is 4.61. The van der Waals surface area contributed by atoms with Crippen molar-refractivity contribution in [3.63, 3.8) is 0 Å². The number of carbonyl (C=O) groups is 2. The molecule has 2 rings (SSSR count). The monoisotopic (exact) mass is 298 g/mol. The Hall–Kier alpha value is -3.15. The number of esters is 1. The van der Waals surface area contributed by atoms with E-state index in [4.69, 9.17) is 5.11 Å². The van der Waals surface area contributed by atoms with E-state index in [-0.39, 0.29) is 5.56 Å². The summed E-state index contributed by atoms with van der Waals surface area (Å²) in [6.45, 7) is 0. The summed E-state index contributed by atoms with van der Waals surface area (Å²) in [5.41, 5.74) is 4.75. The minimum absolute atomic E-state index is 0.183. The van der Waals surface area contributed by atoms with Crippen molar-refractivity contribution >= 4 is 23.8 Å². The third kappa shape index (κ3) is 3.92. The fourth-order valence-electron chi connectivity index (χ4n) is 1.73. The van der Waals surface area contributed by atoms with E-state index >= 15 is 0 Å². The highest BCUT2D eigenvalue weighted by molar-refractivity contribution is 5.91. The number of ether oxygens (including phenoxy) is 1. The van der Waals surface area contributed by atoms with E-state index < -0.39 is 11.9 Å². The number of carboxylic acid groups (broad SMARTS) is 1. The van der Waals surface area contributed by atoms with Gasteiger partial charge in [0.2, 0.25) is 0 Å². The van der Waals surface area contributed by atoms with Gasteiger partial charge in [0.15, 0.2) is 0 Å². The number of hydrogen-bond acceptors (Lipinski definition) is 5. The molecule has 0 bridgehead atoms. The molecule has 0 saturated heterocycles. The van der Waals surface area contributed by atoms with Gasteiger partial charge < -0.3 is 9.84 Å². The fraction of sp³-hybridized carbons (Fsp3) is 0.0625.